The maximum atomic E-state index is 10.1. The van der Waals surface area contributed by atoms with Crippen molar-refractivity contribution in [3.63, 3.8) is 0 Å². The van der Waals surface area contributed by atoms with Crippen molar-refractivity contribution in [3.8, 4) is 0 Å². The molecule has 0 aliphatic heterocycles. The predicted molar refractivity (Wildman–Crippen MR) is 67.1 cm³/mol. The predicted octanol–water partition coefficient (Wildman–Crippen LogP) is 3.82. The van der Waals surface area contributed by atoms with Crippen LogP contribution in [0.1, 0.15) is 26.3 Å². The van der Waals surface area contributed by atoms with E-state index in [1.54, 1.807) is 0 Å². The van der Waals surface area contributed by atoms with E-state index in [0.717, 1.165) is 11.1 Å². The van der Waals surface area contributed by atoms with E-state index in [9.17, 15) is 10.1 Å². The van der Waals surface area contributed by atoms with E-state index in [2.05, 4.69) is 32.9 Å². The van der Waals surface area contributed by atoms with Crippen molar-refractivity contribution in [1.29, 1.82) is 0 Å². The highest BCUT2D eigenvalue weighted by Gasteiger charge is 2.12. The number of hydrogen-bond acceptors (Lipinski definition) is 3. The summed E-state index contributed by atoms with van der Waals surface area (Å²) in [7, 11) is 0. The molecule has 4 heteroatoms. The molecule has 1 aromatic carbocycles. The molecule has 0 aliphatic rings. The van der Waals surface area contributed by atoms with Gasteiger partial charge in [-0.3, -0.25) is 10.1 Å². The molecule has 0 amide bonds. The minimum Gasteiger partial charge on any atom is -0.259 e. The lowest BCUT2D eigenvalue weighted by molar-refractivity contribution is -0.402. The van der Waals surface area contributed by atoms with Crippen molar-refractivity contribution in [1.82, 2.24) is 0 Å². The van der Waals surface area contributed by atoms with Crippen molar-refractivity contribution in [2.45, 2.75) is 31.1 Å². The van der Waals surface area contributed by atoms with E-state index in [0.29, 0.717) is 0 Å². The van der Waals surface area contributed by atoms with Crippen LogP contribution in [0.5, 0.6) is 0 Å². The maximum Gasteiger partial charge on any atom is 0.241 e. The topological polar surface area (TPSA) is 43.1 Å². The van der Waals surface area contributed by atoms with Crippen LogP contribution in [0.3, 0.4) is 0 Å². The lowest BCUT2D eigenvalue weighted by Crippen LogP contribution is -2.10. The molecule has 1 rings (SSSR count). The van der Waals surface area contributed by atoms with Gasteiger partial charge < -0.3 is 0 Å². The average Bonchev–Trinajstić information content (AvgIpc) is 2.16. The highest BCUT2D eigenvalue weighted by molar-refractivity contribution is 8.02. The van der Waals surface area contributed by atoms with Crippen molar-refractivity contribution >= 4 is 11.8 Å². The molecule has 16 heavy (non-hydrogen) atoms. The summed E-state index contributed by atoms with van der Waals surface area (Å²) < 4.78 is 0. The van der Waals surface area contributed by atoms with Gasteiger partial charge >= 0.3 is 0 Å². The Bertz CT molecular complexity index is 390. The zero-order chi connectivity index (χ0) is 12.2. The van der Waals surface area contributed by atoms with Crippen LogP contribution >= 0.6 is 11.8 Å². The van der Waals surface area contributed by atoms with Gasteiger partial charge in [-0.25, -0.2) is 0 Å². The van der Waals surface area contributed by atoms with Crippen LogP contribution in [-0.2, 0) is 5.41 Å². The molecular formula is C12H15NO2S. The van der Waals surface area contributed by atoms with E-state index in [4.69, 9.17) is 0 Å². The largest absolute Gasteiger partial charge is 0.259 e. The highest BCUT2D eigenvalue weighted by atomic mass is 32.2. The molecule has 0 saturated heterocycles. The second-order valence-corrected chi connectivity index (χ2v) is 5.44. The second-order valence-electron chi connectivity index (χ2n) is 4.46. The lowest BCUT2D eigenvalue weighted by atomic mass is 9.87. The van der Waals surface area contributed by atoms with Gasteiger partial charge in [-0.1, -0.05) is 44.7 Å². The smallest absolute Gasteiger partial charge is 0.241 e. The first-order valence-corrected chi connectivity index (χ1v) is 5.85. The minimum atomic E-state index is -0.462. The molecule has 0 heterocycles. The number of nitrogens with zero attached hydrogens (tertiary/aromatic N) is 1. The summed E-state index contributed by atoms with van der Waals surface area (Å²) in [5, 5.41) is 11.6. The van der Waals surface area contributed by atoms with Crippen LogP contribution in [0.25, 0.3) is 0 Å². The molecule has 0 saturated carbocycles. The molecule has 1 aromatic rings. The minimum absolute atomic E-state index is 0.139. The summed E-state index contributed by atoms with van der Waals surface area (Å²) in [6, 6.07) is 8.08. The van der Waals surface area contributed by atoms with Crippen molar-refractivity contribution in [2.24, 2.45) is 0 Å². The van der Waals surface area contributed by atoms with Gasteiger partial charge in [0.15, 0.2) is 0 Å². The lowest BCUT2D eigenvalue weighted by Gasteiger charge is -2.18. The van der Waals surface area contributed by atoms with E-state index >= 15 is 0 Å². The van der Waals surface area contributed by atoms with Crippen LogP contribution in [0.2, 0.25) is 0 Å². The zero-order valence-corrected chi connectivity index (χ0v) is 10.5. The van der Waals surface area contributed by atoms with Crippen LogP contribution in [0, 0.1) is 10.1 Å². The molecule has 0 fully saturated rings. The Morgan fingerprint density at radius 1 is 1.25 bits per heavy atom. The Kier molecular flexibility index (Phi) is 4.12. The average molecular weight is 237 g/mol. The quantitative estimate of drug-likeness (QED) is 0.456. The molecule has 86 valence electrons. The summed E-state index contributed by atoms with van der Waals surface area (Å²) >= 11 is 1.35. The van der Waals surface area contributed by atoms with Crippen molar-refractivity contribution < 1.29 is 4.92 Å². The zero-order valence-electron chi connectivity index (χ0n) is 9.64. The van der Waals surface area contributed by atoms with E-state index in [1.165, 1.54) is 22.7 Å². The molecule has 0 unspecified atom stereocenters. The summed E-state index contributed by atoms with van der Waals surface area (Å²) in [5.74, 6) is 0. The molecule has 0 aromatic heterocycles. The first-order chi connectivity index (χ1) is 7.39. The molecule has 0 atom stereocenters. The summed E-state index contributed by atoms with van der Waals surface area (Å²) in [4.78, 5) is 10.6. The molecule has 0 bridgehead atoms. The number of nitro groups is 1. The van der Waals surface area contributed by atoms with Gasteiger partial charge in [0.1, 0.15) is 0 Å². The molecule has 0 spiro atoms. The summed E-state index contributed by atoms with van der Waals surface area (Å²) in [6.07, 6.45) is 0.947. The first-order valence-electron chi connectivity index (χ1n) is 4.97. The number of rotatable bonds is 3. The number of hydrogen-bond donors (Lipinski definition) is 0. The van der Waals surface area contributed by atoms with Gasteiger partial charge in [0.2, 0.25) is 6.20 Å². The maximum absolute atomic E-state index is 10.1. The Hall–Kier alpha value is -1.29. The fourth-order valence-corrected chi connectivity index (χ4v) is 1.80. The Labute approximate surface area is 99.7 Å². The number of thioether (sulfide) groups is 1. The van der Waals surface area contributed by atoms with Crippen LogP contribution in [-0.4, -0.2) is 4.92 Å². The second kappa shape index (κ2) is 5.16. The third-order valence-electron chi connectivity index (χ3n) is 2.11. The van der Waals surface area contributed by atoms with Crippen molar-refractivity contribution in [3.05, 3.63) is 51.6 Å². The van der Waals surface area contributed by atoms with Gasteiger partial charge in [0.25, 0.3) is 0 Å². The Morgan fingerprint density at radius 3 is 2.25 bits per heavy atom. The van der Waals surface area contributed by atoms with Gasteiger partial charge in [-0.05, 0) is 23.1 Å². The monoisotopic (exact) mass is 237 g/mol. The molecule has 0 radical (unpaired) electrons. The van der Waals surface area contributed by atoms with E-state index in [1.807, 2.05) is 12.1 Å². The van der Waals surface area contributed by atoms with Crippen LogP contribution in [0.4, 0.5) is 0 Å². The Morgan fingerprint density at radius 2 is 1.81 bits per heavy atom. The van der Waals surface area contributed by atoms with Crippen LogP contribution in [0.15, 0.2) is 40.8 Å². The van der Waals surface area contributed by atoms with Gasteiger partial charge in [0.05, 0.1) is 4.92 Å². The normalized spacial score (nSPS) is 11.9. The third kappa shape index (κ3) is 4.06. The standard InChI is InChI=1S/C12H15NO2S/c1-12(2,3)10-4-6-11(7-5-10)16-9-8-13(14)15/h4-9H,1-3H3. The summed E-state index contributed by atoms with van der Waals surface area (Å²) in [5.41, 5.74) is 1.40. The Balaban J connectivity index is 2.69. The van der Waals surface area contributed by atoms with Gasteiger partial charge in [0, 0.05) is 10.3 Å². The summed E-state index contributed by atoms with van der Waals surface area (Å²) in [6.45, 7) is 6.46. The van der Waals surface area contributed by atoms with Gasteiger partial charge in [-0.15, -0.1) is 0 Å². The first kappa shape index (κ1) is 12.8. The highest BCUT2D eigenvalue weighted by Crippen LogP contribution is 2.25. The fourth-order valence-electron chi connectivity index (χ4n) is 1.19. The fraction of sp³-hybridized carbons (Fsp3) is 0.333. The number of benzene rings is 1. The van der Waals surface area contributed by atoms with E-state index in [-0.39, 0.29) is 5.41 Å². The molecular weight excluding hydrogens is 222 g/mol. The third-order valence-corrected chi connectivity index (χ3v) is 2.91. The van der Waals surface area contributed by atoms with Gasteiger partial charge in [-0.2, -0.15) is 0 Å². The van der Waals surface area contributed by atoms with Crippen LogP contribution < -0.4 is 0 Å². The molecule has 3 nitrogen and oxygen atoms in total. The van der Waals surface area contributed by atoms with E-state index < -0.39 is 4.92 Å². The van der Waals surface area contributed by atoms with Crippen molar-refractivity contribution in [2.75, 3.05) is 0 Å². The SMILES string of the molecule is CC(C)(C)c1ccc(SC=C[N+](=O)[O-])cc1. The molecule has 0 N–H and O–H groups in total. The molecule has 0 aliphatic carbocycles.